The first-order valence-corrected chi connectivity index (χ1v) is 11.1. The number of nitrogens with zero attached hydrogens (tertiary/aromatic N) is 2. The monoisotopic (exact) mass is 465 g/mol. The highest BCUT2D eigenvalue weighted by molar-refractivity contribution is 5.87. The third kappa shape index (κ3) is 9.01. The number of ether oxygens (including phenoxy) is 2. The lowest BCUT2D eigenvalue weighted by Gasteiger charge is -2.30. The first-order chi connectivity index (χ1) is 15.4. The molecule has 0 saturated heterocycles. The van der Waals surface area contributed by atoms with Gasteiger partial charge in [0, 0.05) is 0 Å². The molecule has 0 radical (unpaired) electrons. The van der Waals surface area contributed by atoms with Gasteiger partial charge in [0.1, 0.15) is 17.9 Å². The zero-order valence-electron chi connectivity index (χ0n) is 21.0. The molecule has 1 amide bonds. The summed E-state index contributed by atoms with van der Waals surface area (Å²) in [7, 11) is 8.63. The normalized spacial score (nSPS) is 15.1. The molecule has 0 aromatic heterocycles. The molecule has 0 fully saturated rings. The summed E-state index contributed by atoms with van der Waals surface area (Å²) in [6.45, 7) is 5.46. The maximum Gasteiger partial charge on any atom is 0.330 e. The van der Waals surface area contributed by atoms with Crippen molar-refractivity contribution in [2.75, 3.05) is 35.3 Å². The van der Waals surface area contributed by atoms with Gasteiger partial charge in [-0.15, -0.1) is 0 Å². The molecule has 4 unspecified atom stereocenters. The van der Waals surface area contributed by atoms with Crippen LogP contribution in [0.4, 0.5) is 0 Å². The van der Waals surface area contributed by atoms with Crippen LogP contribution in [0.3, 0.4) is 0 Å². The molecule has 1 aromatic carbocycles. The van der Waals surface area contributed by atoms with Gasteiger partial charge < -0.3 is 19.9 Å². The number of carboxylic acid groups (broad SMARTS) is 1. The summed E-state index contributed by atoms with van der Waals surface area (Å²) < 4.78 is 10.7. The smallest absolute Gasteiger partial charge is 0.330 e. The number of nitrogens with one attached hydrogen (secondary N) is 1. The highest BCUT2D eigenvalue weighted by atomic mass is 16.5. The van der Waals surface area contributed by atoms with Crippen LogP contribution in [-0.4, -0.2) is 92.3 Å². The second kappa shape index (κ2) is 13.2. The molecule has 1 aromatic rings. The quantitative estimate of drug-likeness (QED) is 0.424. The van der Waals surface area contributed by atoms with Crippen LogP contribution in [0.2, 0.25) is 0 Å². The van der Waals surface area contributed by atoms with Crippen molar-refractivity contribution in [3.05, 3.63) is 29.8 Å². The zero-order valence-corrected chi connectivity index (χ0v) is 21.0. The third-order valence-electron chi connectivity index (χ3n) is 5.44. The largest absolute Gasteiger partial charge is 0.497 e. The Hall–Kier alpha value is -2.65. The van der Waals surface area contributed by atoms with Gasteiger partial charge >= 0.3 is 11.9 Å². The third-order valence-corrected chi connectivity index (χ3v) is 5.44. The molecule has 33 heavy (non-hydrogen) atoms. The van der Waals surface area contributed by atoms with E-state index in [1.807, 2.05) is 38.1 Å². The molecule has 9 heteroatoms. The van der Waals surface area contributed by atoms with E-state index in [1.165, 1.54) is 6.92 Å². The average molecular weight is 466 g/mol. The molecule has 0 heterocycles. The van der Waals surface area contributed by atoms with Crippen LogP contribution in [0, 0.1) is 5.92 Å². The fourth-order valence-corrected chi connectivity index (χ4v) is 3.42. The summed E-state index contributed by atoms with van der Waals surface area (Å²) in [6.07, 6.45) is -0.104. The lowest BCUT2D eigenvalue weighted by Crippen LogP contribution is -2.55. The second-order valence-electron chi connectivity index (χ2n) is 9.11. The van der Waals surface area contributed by atoms with Crippen LogP contribution in [0.15, 0.2) is 24.3 Å². The van der Waals surface area contributed by atoms with Gasteiger partial charge in [0.25, 0.3) is 0 Å². The van der Waals surface area contributed by atoms with Crippen molar-refractivity contribution < 1.29 is 29.0 Å². The van der Waals surface area contributed by atoms with E-state index in [-0.39, 0.29) is 5.92 Å². The van der Waals surface area contributed by atoms with Gasteiger partial charge in [-0.1, -0.05) is 26.0 Å². The van der Waals surface area contributed by atoms with Gasteiger partial charge in [-0.3, -0.25) is 19.4 Å². The number of amides is 1. The van der Waals surface area contributed by atoms with Crippen LogP contribution >= 0.6 is 0 Å². The summed E-state index contributed by atoms with van der Waals surface area (Å²) in [5, 5.41) is 12.3. The summed E-state index contributed by atoms with van der Waals surface area (Å²) >= 11 is 0. The fraction of sp³-hybridized carbons (Fsp3) is 0.625. The number of benzene rings is 1. The predicted molar refractivity (Wildman–Crippen MR) is 126 cm³/mol. The molecule has 0 aliphatic carbocycles. The topological polar surface area (TPSA) is 108 Å². The van der Waals surface area contributed by atoms with Gasteiger partial charge in [-0.05, 0) is 71.6 Å². The standard InChI is InChI=1S/C24H39N3O6/c1-15(2)13-19(26(4)5)22(28)25-21(23(29)30)16(3)33-24(31)20(27(6)7)14-17-9-11-18(32-8)12-10-17/h9-12,15-16,19-21H,13-14H2,1-8H3,(H,25,28)(H,29,30). The summed E-state index contributed by atoms with van der Waals surface area (Å²) in [4.78, 5) is 41.1. The lowest BCUT2D eigenvalue weighted by molar-refractivity contribution is -0.160. The number of carbonyl (C=O) groups excluding carboxylic acids is 2. The van der Waals surface area contributed by atoms with Gasteiger partial charge in [0.15, 0.2) is 6.04 Å². The Kier molecular flexibility index (Phi) is 11.3. The Morgan fingerprint density at radius 3 is 1.94 bits per heavy atom. The van der Waals surface area contributed by atoms with E-state index in [9.17, 15) is 19.5 Å². The Balaban J connectivity index is 2.91. The minimum absolute atomic E-state index is 0.250. The summed E-state index contributed by atoms with van der Waals surface area (Å²) in [6, 6.07) is 4.88. The lowest BCUT2D eigenvalue weighted by atomic mass is 10.0. The molecule has 9 nitrogen and oxygen atoms in total. The molecular weight excluding hydrogens is 426 g/mol. The predicted octanol–water partition coefficient (Wildman–Crippen LogP) is 1.65. The number of hydrogen-bond acceptors (Lipinski definition) is 7. The molecule has 2 N–H and O–H groups in total. The van der Waals surface area contributed by atoms with Gasteiger partial charge in [-0.2, -0.15) is 0 Å². The molecule has 186 valence electrons. The number of methoxy groups -OCH3 is 1. The Morgan fingerprint density at radius 2 is 1.52 bits per heavy atom. The molecule has 0 aliphatic heterocycles. The number of hydrogen-bond donors (Lipinski definition) is 2. The van der Waals surface area contributed by atoms with Crippen LogP contribution in [0.1, 0.15) is 32.8 Å². The van der Waals surface area contributed by atoms with E-state index in [1.54, 1.807) is 45.1 Å². The first-order valence-electron chi connectivity index (χ1n) is 11.1. The van der Waals surface area contributed by atoms with E-state index in [0.29, 0.717) is 18.6 Å². The van der Waals surface area contributed by atoms with E-state index in [0.717, 1.165) is 5.56 Å². The van der Waals surface area contributed by atoms with Crippen LogP contribution in [0.25, 0.3) is 0 Å². The highest BCUT2D eigenvalue weighted by Crippen LogP contribution is 2.16. The first kappa shape index (κ1) is 28.4. The van der Waals surface area contributed by atoms with Gasteiger partial charge in [-0.25, -0.2) is 4.79 Å². The van der Waals surface area contributed by atoms with Gasteiger partial charge in [0.2, 0.25) is 5.91 Å². The zero-order chi connectivity index (χ0) is 25.3. The SMILES string of the molecule is COc1ccc(CC(C(=O)OC(C)C(NC(=O)C(CC(C)C)N(C)C)C(=O)O)N(C)C)cc1. The number of rotatable bonds is 13. The van der Waals surface area contributed by atoms with E-state index in [4.69, 9.17) is 9.47 Å². The van der Waals surface area contributed by atoms with Crippen LogP contribution in [-0.2, 0) is 25.5 Å². The Morgan fingerprint density at radius 1 is 0.970 bits per heavy atom. The van der Waals surface area contributed by atoms with Crippen molar-refractivity contribution >= 4 is 17.8 Å². The molecule has 4 atom stereocenters. The molecule has 0 spiro atoms. The van der Waals surface area contributed by atoms with E-state index in [2.05, 4.69) is 5.32 Å². The van der Waals surface area contributed by atoms with Crippen LogP contribution < -0.4 is 10.1 Å². The average Bonchev–Trinajstić information content (AvgIpc) is 2.73. The molecule has 1 rings (SSSR count). The van der Waals surface area contributed by atoms with Crippen molar-refractivity contribution in [2.45, 2.75) is 57.8 Å². The van der Waals surface area contributed by atoms with Crippen molar-refractivity contribution in [1.29, 1.82) is 0 Å². The van der Waals surface area contributed by atoms with Crippen molar-refractivity contribution in [3.8, 4) is 5.75 Å². The Bertz CT molecular complexity index is 779. The van der Waals surface area contributed by atoms with Crippen molar-refractivity contribution in [2.24, 2.45) is 5.92 Å². The number of aliphatic carboxylic acids is 1. The molecule has 0 saturated carbocycles. The summed E-state index contributed by atoms with van der Waals surface area (Å²) in [5.41, 5.74) is 0.907. The van der Waals surface area contributed by atoms with E-state index >= 15 is 0 Å². The molecule has 0 bridgehead atoms. The summed E-state index contributed by atoms with van der Waals surface area (Å²) in [5.74, 6) is -1.27. The minimum Gasteiger partial charge on any atom is -0.497 e. The maximum absolute atomic E-state index is 12.9. The van der Waals surface area contributed by atoms with Crippen molar-refractivity contribution in [3.63, 3.8) is 0 Å². The number of esters is 1. The van der Waals surface area contributed by atoms with E-state index < -0.39 is 42.1 Å². The number of carbonyl (C=O) groups is 3. The van der Waals surface area contributed by atoms with Crippen molar-refractivity contribution in [1.82, 2.24) is 15.1 Å². The molecular formula is C24H39N3O6. The minimum atomic E-state index is -1.36. The highest BCUT2D eigenvalue weighted by Gasteiger charge is 2.34. The Labute approximate surface area is 197 Å². The van der Waals surface area contributed by atoms with Crippen LogP contribution in [0.5, 0.6) is 5.75 Å². The van der Waals surface area contributed by atoms with Gasteiger partial charge in [0.05, 0.1) is 13.2 Å². The number of likely N-dealkylation sites (N-methyl/N-ethyl adjacent to an activating group) is 2. The maximum atomic E-state index is 12.9. The molecule has 0 aliphatic rings. The second-order valence-corrected chi connectivity index (χ2v) is 9.11. The fourth-order valence-electron chi connectivity index (χ4n) is 3.42. The number of carboxylic acids is 1.